The van der Waals surface area contributed by atoms with Crippen molar-refractivity contribution in [3.63, 3.8) is 0 Å². The number of aromatic hydroxyl groups is 1. The van der Waals surface area contributed by atoms with Gasteiger partial charge in [-0.05, 0) is 42.0 Å². The average Bonchev–Trinajstić information content (AvgIpc) is 2.63. The molecule has 3 aromatic rings. The summed E-state index contributed by atoms with van der Waals surface area (Å²) in [6.07, 6.45) is 0.411. The van der Waals surface area contributed by atoms with E-state index in [1.807, 2.05) is 36.4 Å². The smallest absolute Gasteiger partial charge is 0.164 e. The number of Topliss-reactive ketones (excluding diaryl/α,β-unsaturated/α-hetero) is 1. The second-order valence-electron chi connectivity index (χ2n) is 5.50. The molecule has 1 N–H and O–H groups in total. The number of hydrogen-bond donors (Lipinski definition) is 1. The molecule has 0 saturated heterocycles. The maximum absolute atomic E-state index is 12.6. The second kappa shape index (κ2) is 7.84. The van der Waals surface area contributed by atoms with Crippen LogP contribution in [-0.2, 0) is 0 Å². The van der Waals surface area contributed by atoms with Crippen LogP contribution >= 0.6 is 11.8 Å². The molecule has 3 rings (SSSR count). The first-order valence-electron chi connectivity index (χ1n) is 7.81. The van der Waals surface area contributed by atoms with Gasteiger partial charge in [0.25, 0.3) is 0 Å². The van der Waals surface area contributed by atoms with Gasteiger partial charge in [0.1, 0.15) is 5.75 Å². The van der Waals surface area contributed by atoms with E-state index in [2.05, 4.69) is 24.3 Å². The molecule has 0 heterocycles. The van der Waals surface area contributed by atoms with E-state index >= 15 is 0 Å². The molecule has 0 radical (unpaired) electrons. The highest BCUT2D eigenvalue weighted by molar-refractivity contribution is 7.99. The Hall–Kier alpha value is -2.52. The minimum Gasteiger partial charge on any atom is -0.508 e. The molecule has 0 saturated carbocycles. The molecule has 0 aliphatic heterocycles. The van der Waals surface area contributed by atoms with Crippen molar-refractivity contribution in [2.75, 3.05) is 0 Å². The van der Waals surface area contributed by atoms with Gasteiger partial charge in [-0.3, -0.25) is 4.79 Å². The number of carbonyl (C=O) groups is 1. The van der Waals surface area contributed by atoms with E-state index in [0.717, 1.165) is 10.5 Å². The van der Waals surface area contributed by atoms with E-state index in [0.29, 0.717) is 12.0 Å². The van der Waals surface area contributed by atoms with Crippen molar-refractivity contribution in [3.8, 4) is 5.75 Å². The predicted octanol–water partition coefficient (Wildman–Crippen LogP) is 5.50. The third-order valence-corrected chi connectivity index (χ3v) is 5.02. The molecule has 0 aliphatic rings. The predicted molar refractivity (Wildman–Crippen MR) is 98.5 cm³/mol. The Morgan fingerprint density at radius 1 is 0.833 bits per heavy atom. The fourth-order valence-corrected chi connectivity index (χ4v) is 3.66. The van der Waals surface area contributed by atoms with Crippen LogP contribution in [0.1, 0.15) is 27.6 Å². The summed E-state index contributed by atoms with van der Waals surface area (Å²) in [5.41, 5.74) is 1.76. The van der Waals surface area contributed by atoms with Gasteiger partial charge in [-0.1, -0.05) is 48.5 Å². The van der Waals surface area contributed by atoms with Gasteiger partial charge < -0.3 is 5.11 Å². The molecule has 3 heteroatoms. The lowest BCUT2D eigenvalue weighted by molar-refractivity contribution is 0.0982. The Morgan fingerprint density at radius 2 is 1.42 bits per heavy atom. The molecular formula is C21H18O2S. The summed E-state index contributed by atoms with van der Waals surface area (Å²) < 4.78 is 0. The van der Waals surface area contributed by atoms with Crippen LogP contribution in [0.25, 0.3) is 0 Å². The number of rotatable bonds is 6. The highest BCUT2D eigenvalue weighted by Gasteiger charge is 2.18. The van der Waals surface area contributed by atoms with Crippen molar-refractivity contribution in [1.82, 2.24) is 0 Å². The lowest BCUT2D eigenvalue weighted by atomic mass is 10.0. The van der Waals surface area contributed by atoms with Crippen LogP contribution < -0.4 is 0 Å². The normalized spacial score (nSPS) is 11.8. The number of phenolic OH excluding ortho intramolecular Hbond substituents is 1. The first-order valence-corrected chi connectivity index (χ1v) is 8.69. The monoisotopic (exact) mass is 334 g/mol. The topological polar surface area (TPSA) is 37.3 Å². The molecule has 3 aromatic carbocycles. The molecule has 0 fully saturated rings. The van der Waals surface area contributed by atoms with Crippen LogP contribution in [0.4, 0.5) is 0 Å². The maximum Gasteiger partial charge on any atom is 0.164 e. The highest BCUT2D eigenvalue weighted by Crippen LogP contribution is 2.38. The van der Waals surface area contributed by atoms with Gasteiger partial charge in [0.2, 0.25) is 0 Å². The van der Waals surface area contributed by atoms with Crippen molar-refractivity contribution in [1.29, 1.82) is 0 Å². The lowest BCUT2D eigenvalue weighted by Crippen LogP contribution is -2.05. The van der Waals surface area contributed by atoms with Gasteiger partial charge in [-0.15, -0.1) is 11.8 Å². The number of hydrogen-bond acceptors (Lipinski definition) is 3. The lowest BCUT2D eigenvalue weighted by Gasteiger charge is -2.16. The molecule has 0 aromatic heterocycles. The molecule has 1 atom stereocenters. The minimum atomic E-state index is 0.0508. The molecule has 0 amide bonds. The molecule has 120 valence electrons. The van der Waals surface area contributed by atoms with Crippen molar-refractivity contribution < 1.29 is 9.90 Å². The Morgan fingerprint density at radius 3 is 2.04 bits per heavy atom. The average molecular weight is 334 g/mol. The maximum atomic E-state index is 12.6. The molecule has 2 nitrogen and oxygen atoms in total. The van der Waals surface area contributed by atoms with E-state index in [1.54, 1.807) is 36.0 Å². The summed E-state index contributed by atoms with van der Waals surface area (Å²) in [7, 11) is 0. The molecule has 0 spiro atoms. The zero-order valence-corrected chi connectivity index (χ0v) is 13.9. The third-order valence-electron chi connectivity index (χ3n) is 3.75. The van der Waals surface area contributed by atoms with Crippen molar-refractivity contribution in [2.45, 2.75) is 16.6 Å². The summed E-state index contributed by atoms with van der Waals surface area (Å²) >= 11 is 1.70. The van der Waals surface area contributed by atoms with Gasteiger partial charge >= 0.3 is 0 Å². The Balaban J connectivity index is 1.82. The van der Waals surface area contributed by atoms with Crippen LogP contribution in [0, 0.1) is 0 Å². The quantitative estimate of drug-likeness (QED) is 0.478. The summed E-state index contributed by atoms with van der Waals surface area (Å²) in [6.45, 7) is 0. The van der Waals surface area contributed by atoms with Crippen LogP contribution in [0.5, 0.6) is 5.75 Å². The van der Waals surface area contributed by atoms with Crippen molar-refractivity contribution >= 4 is 17.5 Å². The standard InChI is InChI=1S/C21H18O2S/c22-18-13-11-16(12-14-18)20(23)15-21(17-7-3-1-4-8-17)24-19-9-5-2-6-10-19/h1-14,21-22H,15H2. The molecular weight excluding hydrogens is 316 g/mol. The number of thioether (sulfide) groups is 1. The van der Waals surface area contributed by atoms with Crippen LogP contribution in [-0.4, -0.2) is 10.9 Å². The van der Waals surface area contributed by atoms with E-state index in [4.69, 9.17) is 0 Å². The van der Waals surface area contributed by atoms with E-state index < -0.39 is 0 Å². The minimum absolute atomic E-state index is 0.0508. The molecule has 0 bridgehead atoms. The first kappa shape index (κ1) is 16.3. The van der Waals surface area contributed by atoms with Gasteiger partial charge in [0, 0.05) is 22.1 Å². The van der Waals surface area contributed by atoms with E-state index in [-0.39, 0.29) is 16.8 Å². The Labute approximate surface area is 146 Å². The first-order chi connectivity index (χ1) is 11.7. The number of ketones is 1. The summed E-state index contributed by atoms with van der Waals surface area (Å²) in [5.74, 6) is 0.247. The summed E-state index contributed by atoms with van der Waals surface area (Å²) in [4.78, 5) is 13.8. The number of carbonyl (C=O) groups excluding carboxylic acids is 1. The number of benzene rings is 3. The molecule has 1 unspecified atom stereocenters. The summed E-state index contributed by atoms with van der Waals surface area (Å²) in [5, 5.41) is 9.43. The van der Waals surface area contributed by atoms with Crippen molar-refractivity contribution in [2.24, 2.45) is 0 Å². The van der Waals surface area contributed by atoms with Crippen LogP contribution in [0.15, 0.2) is 89.8 Å². The van der Waals surface area contributed by atoms with E-state index in [9.17, 15) is 9.90 Å². The largest absolute Gasteiger partial charge is 0.508 e. The SMILES string of the molecule is O=C(CC(Sc1ccccc1)c1ccccc1)c1ccc(O)cc1. The highest BCUT2D eigenvalue weighted by atomic mass is 32.2. The molecule has 0 aliphatic carbocycles. The zero-order valence-electron chi connectivity index (χ0n) is 13.1. The van der Waals surface area contributed by atoms with Gasteiger partial charge in [0.15, 0.2) is 5.78 Å². The van der Waals surface area contributed by atoms with Gasteiger partial charge in [0.05, 0.1) is 0 Å². The summed E-state index contributed by atoms with van der Waals surface area (Å²) in [6, 6.07) is 26.7. The Kier molecular flexibility index (Phi) is 5.34. The van der Waals surface area contributed by atoms with Crippen LogP contribution in [0.3, 0.4) is 0 Å². The zero-order chi connectivity index (χ0) is 16.8. The molecule has 24 heavy (non-hydrogen) atoms. The number of phenols is 1. The van der Waals surface area contributed by atoms with Crippen LogP contribution in [0.2, 0.25) is 0 Å². The van der Waals surface area contributed by atoms with Crippen molar-refractivity contribution in [3.05, 3.63) is 96.1 Å². The second-order valence-corrected chi connectivity index (χ2v) is 6.78. The Bertz CT molecular complexity index is 783. The third kappa shape index (κ3) is 4.27. The fourth-order valence-electron chi connectivity index (χ4n) is 2.49. The van der Waals surface area contributed by atoms with Gasteiger partial charge in [-0.25, -0.2) is 0 Å². The fraction of sp³-hybridized carbons (Fsp3) is 0.0952. The van der Waals surface area contributed by atoms with E-state index in [1.165, 1.54) is 0 Å². The van der Waals surface area contributed by atoms with Gasteiger partial charge in [-0.2, -0.15) is 0 Å².